The van der Waals surface area contributed by atoms with Gasteiger partial charge in [-0.15, -0.1) is 0 Å². The number of amides is 1. The van der Waals surface area contributed by atoms with E-state index in [9.17, 15) is 9.59 Å². The van der Waals surface area contributed by atoms with Crippen molar-refractivity contribution < 1.29 is 14.3 Å². The fourth-order valence-electron chi connectivity index (χ4n) is 2.33. The van der Waals surface area contributed by atoms with Gasteiger partial charge in [0.05, 0.1) is 24.3 Å². The van der Waals surface area contributed by atoms with Crippen LogP contribution in [0.5, 0.6) is 0 Å². The minimum Gasteiger partial charge on any atom is -0.465 e. The summed E-state index contributed by atoms with van der Waals surface area (Å²) in [6, 6.07) is 16.7. The summed E-state index contributed by atoms with van der Waals surface area (Å²) in [5, 5.41) is 14.6. The highest BCUT2D eigenvalue weighted by Crippen LogP contribution is 2.16. The normalized spacial score (nSPS) is 9.86. The van der Waals surface area contributed by atoms with Crippen molar-refractivity contribution in [2.45, 2.75) is 0 Å². The first kappa shape index (κ1) is 18.5. The smallest absolute Gasteiger partial charge is 0.337 e. The molecule has 2 N–H and O–H groups in total. The number of aromatic nitrogens is 2. The highest BCUT2D eigenvalue weighted by molar-refractivity contribution is 6.03. The molecule has 0 saturated heterocycles. The lowest BCUT2D eigenvalue weighted by atomic mass is 10.2. The van der Waals surface area contributed by atoms with E-state index < -0.39 is 11.9 Å². The van der Waals surface area contributed by atoms with Crippen molar-refractivity contribution in [2.75, 3.05) is 17.7 Å². The third-order valence-corrected chi connectivity index (χ3v) is 3.75. The Balaban J connectivity index is 1.69. The zero-order chi connectivity index (χ0) is 19.9. The molecule has 8 nitrogen and oxygen atoms in total. The van der Waals surface area contributed by atoms with Crippen LogP contribution in [-0.2, 0) is 4.74 Å². The molecule has 0 saturated carbocycles. The summed E-state index contributed by atoms with van der Waals surface area (Å²) < 4.78 is 4.64. The average Bonchev–Trinajstić information content (AvgIpc) is 2.74. The standard InChI is InChI=1S/C20H15N5O3/c1-28-20(27)14-4-8-16(9-5-14)25-19(26)17-10-18(23-12-22-17)24-15-6-2-13(11-21)3-7-15/h2-10,12H,1H3,(H,25,26)(H,22,23,24). The Labute approximate surface area is 160 Å². The molecule has 3 rings (SSSR count). The third-order valence-electron chi connectivity index (χ3n) is 3.75. The number of nitriles is 1. The first-order valence-corrected chi connectivity index (χ1v) is 8.18. The Morgan fingerprint density at radius 3 is 2.32 bits per heavy atom. The van der Waals surface area contributed by atoms with Crippen LogP contribution in [-0.4, -0.2) is 29.0 Å². The molecule has 0 radical (unpaired) electrons. The molecule has 0 atom stereocenters. The molecule has 1 heterocycles. The number of rotatable bonds is 5. The van der Waals surface area contributed by atoms with Gasteiger partial charge in [-0.25, -0.2) is 14.8 Å². The highest BCUT2D eigenvalue weighted by atomic mass is 16.5. The van der Waals surface area contributed by atoms with Crippen molar-refractivity contribution in [1.29, 1.82) is 5.26 Å². The quantitative estimate of drug-likeness (QED) is 0.660. The van der Waals surface area contributed by atoms with Crippen molar-refractivity contribution in [3.63, 3.8) is 0 Å². The maximum absolute atomic E-state index is 12.4. The second kappa shape index (κ2) is 8.42. The van der Waals surface area contributed by atoms with Gasteiger partial charge in [0.1, 0.15) is 17.8 Å². The lowest BCUT2D eigenvalue weighted by molar-refractivity contribution is 0.0600. The van der Waals surface area contributed by atoms with Crippen LogP contribution in [0.25, 0.3) is 0 Å². The number of benzene rings is 2. The molecule has 0 unspecified atom stereocenters. The van der Waals surface area contributed by atoms with Crippen LogP contribution in [0.1, 0.15) is 26.4 Å². The minimum atomic E-state index is -0.452. The summed E-state index contributed by atoms with van der Waals surface area (Å²) in [4.78, 5) is 31.9. The Hall–Kier alpha value is -4.25. The van der Waals surface area contributed by atoms with E-state index in [4.69, 9.17) is 5.26 Å². The molecule has 0 spiro atoms. The van der Waals surface area contributed by atoms with Gasteiger partial charge in [0, 0.05) is 17.4 Å². The van der Waals surface area contributed by atoms with E-state index in [-0.39, 0.29) is 5.69 Å². The first-order chi connectivity index (χ1) is 13.6. The summed E-state index contributed by atoms with van der Waals surface area (Å²) in [7, 11) is 1.30. The van der Waals surface area contributed by atoms with Crippen LogP contribution in [0.3, 0.4) is 0 Å². The van der Waals surface area contributed by atoms with Gasteiger partial charge in [-0.2, -0.15) is 5.26 Å². The topological polar surface area (TPSA) is 117 Å². The Morgan fingerprint density at radius 2 is 1.68 bits per heavy atom. The molecule has 1 aromatic heterocycles. The fraction of sp³-hybridized carbons (Fsp3) is 0.0500. The Bertz CT molecular complexity index is 1040. The molecule has 2 aromatic carbocycles. The zero-order valence-corrected chi connectivity index (χ0v) is 14.8. The molecular weight excluding hydrogens is 358 g/mol. The lowest BCUT2D eigenvalue weighted by Gasteiger charge is -2.08. The van der Waals surface area contributed by atoms with Gasteiger partial charge in [0.25, 0.3) is 5.91 Å². The maximum atomic E-state index is 12.4. The Kier molecular flexibility index (Phi) is 5.58. The van der Waals surface area contributed by atoms with Crippen LogP contribution >= 0.6 is 0 Å². The minimum absolute atomic E-state index is 0.170. The number of hydrogen-bond donors (Lipinski definition) is 2. The molecule has 138 valence electrons. The van der Waals surface area contributed by atoms with Gasteiger partial charge >= 0.3 is 5.97 Å². The van der Waals surface area contributed by atoms with Gasteiger partial charge in [0.2, 0.25) is 0 Å². The zero-order valence-electron chi connectivity index (χ0n) is 14.8. The number of methoxy groups -OCH3 is 1. The molecule has 0 aliphatic heterocycles. The van der Waals surface area contributed by atoms with Gasteiger partial charge in [-0.05, 0) is 48.5 Å². The Morgan fingerprint density at radius 1 is 1.00 bits per heavy atom. The molecule has 28 heavy (non-hydrogen) atoms. The molecule has 0 aliphatic rings. The molecule has 0 bridgehead atoms. The maximum Gasteiger partial charge on any atom is 0.337 e. The summed E-state index contributed by atoms with van der Waals surface area (Å²) in [6.07, 6.45) is 1.28. The number of hydrogen-bond acceptors (Lipinski definition) is 7. The van der Waals surface area contributed by atoms with Crippen LogP contribution in [0, 0.1) is 11.3 Å². The van der Waals surface area contributed by atoms with Crippen molar-refractivity contribution in [3.05, 3.63) is 77.7 Å². The van der Waals surface area contributed by atoms with Gasteiger partial charge < -0.3 is 15.4 Å². The summed E-state index contributed by atoms with van der Waals surface area (Å²) in [6.45, 7) is 0. The number of anilines is 3. The SMILES string of the molecule is COC(=O)c1ccc(NC(=O)c2cc(Nc3ccc(C#N)cc3)ncn2)cc1. The lowest BCUT2D eigenvalue weighted by Crippen LogP contribution is -2.14. The summed E-state index contributed by atoms with van der Waals surface area (Å²) in [5.41, 5.74) is 2.34. The number of nitrogens with zero attached hydrogens (tertiary/aromatic N) is 3. The molecule has 0 aliphatic carbocycles. The largest absolute Gasteiger partial charge is 0.465 e. The average molecular weight is 373 g/mol. The second-order valence-corrected chi connectivity index (χ2v) is 5.63. The van der Waals surface area contributed by atoms with Crippen molar-refractivity contribution in [1.82, 2.24) is 9.97 Å². The number of nitrogens with one attached hydrogen (secondary N) is 2. The van der Waals surface area contributed by atoms with Crippen molar-refractivity contribution >= 4 is 29.1 Å². The van der Waals surface area contributed by atoms with E-state index in [1.807, 2.05) is 6.07 Å². The fourth-order valence-corrected chi connectivity index (χ4v) is 2.33. The van der Waals surface area contributed by atoms with Gasteiger partial charge in [-0.1, -0.05) is 0 Å². The number of carbonyl (C=O) groups is 2. The van der Waals surface area contributed by atoms with E-state index >= 15 is 0 Å². The van der Waals surface area contributed by atoms with E-state index in [2.05, 4.69) is 25.3 Å². The van der Waals surface area contributed by atoms with E-state index in [0.717, 1.165) is 5.69 Å². The summed E-state index contributed by atoms with van der Waals surface area (Å²) >= 11 is 0. The van der Waals surface area contributed by atoms with Gasteiger partial charge in [-0.3, -0.25) is 4.79 Å². The first-order valence-electron chi connectivity index (χ1n) is 8.18. The van der Waals surface area contributed by atoms with Crippen LogP contribution in [0.4, 0.5) is 17.2 Å². The predicted molar refractivity (Wildman–Crippen MR) is 102 cm³/mol. The van der Waals surface area contributed by atoms with Gasteiger partial charge in [0.15, 0.2) is 0 Å². The highest BCUT2D eigenvalue weighted by Gasteiger charge is 2.11. The molecule has 8 heteroatoms. The molecule has 0 fully saturated rings. The monoisotopic (exact) mass is 373 g/mol. The molecule has 1 amide bonds. The third kappa shape index (κ3) is 4.47. The van der Waals surface area contributed by atoms with Crippen LogP contribution in [0.2, 0.25) is 0 Å². The molecular formula is C20H15N5O3. The molecule has 3 aromatic rings. The summed E-state index contributed by atoms with van der Waals surface area (Å²) in [5.74, 6) is -0.436. The van der Waals surface area contributed by atoms with Crippen LogP contribution in [0.15, 0.2) is 60.9 Å². The number of ether oxygens (including phenoxy) is 1. The second-order valence-electron chi connectivity index (χ2n) is 5.63. The number of esters is 1. The van der Waals surface area contributed by atoms with E-state index in [1.165, 1.54) is 19.5 Å². The van der Waals surface area contributed by atoms with Crippen molar-refractivity contribution in [2.24, 2.45) is 0 Å². The van der Waals surface area contributed by atoms with Crippen molar-refractivity contribution in [3.8, 4) is 6.07 Å². The van der Waals surface area contributed by atoms with Crippen LogP contribution < -0.4 is 10.6 Å². The van der Waals surface area contributed by atoms with E-state index in [0.29, 0.717) is 22.6 Å². The predicted octanol–water partition coefficient (Wildman–Crippen LogP) is 3.13. The van der Waals surface area contributed by atoms with E-state index in [1.54, 1.807) is 48.5 Å². The number of carbonyl (C=O) groups excluding carboxylic acids is 2.